The molecule has 0 radical (unpaired) electrons. The summed E-state index contributed by atoms with van der Waals surface area (Å²) in [5.41, 5.74) is 4.09. The molecule has 32 heavy (non-hydrogen) atoms. The molecule has 5 nitrogen and oxygen atoms in total. The molecule has 1 N–H and O–H groups in total. The van der Waals surface area contributed by atoms with Crippen LogP contribution in [-0.2, 0) is 21.2 Å². The molecule has 3 rings (SSSR count). The molecule has 0 saturated carbocycles. The van der Waals surface area contributed by atoms with Gasteiger partial charge in [-0.05, 0) is 97.5 Å². The van der Waals surface area contributed by atoms with Gasteiger partial charge in [0.1, 0.15) is 6.54 Å². The fourth-order valence-electron chi connectivity index (χ4n) is 4.50. The summed E-state index contributed by atoms with van der Waals surface area (Å²) in [5, 5.41) is 10.5. The monoisotopic (exact) mass is 567 g/mol. The lowest BCUT2D eigenvalue weighted by Gasteiger charge is -2.18. The second-order valence-electron chi connectivity index (χ2n) is 8.40. The van der Waals surface area contributed by atoms with Crippen LogP contribution < -0.4 is 0 Å². The first-order valence-electron chi connectivity index (χ1n) is 10.9. The van der Waals surface area contributed by atoms with E-state index >= 15 is 0 Å². The lowest BCUT2D eigenvalue weighted by Crippen LogP contribution is -2.11. The van der Waals surface area contributed by atoms with E-state index < -0.39 is 15.8 Å². The lowest BCUT2D eigenvalue weighted by atomic mass is 9.88. The number of fused-ring (bicyclic) bond motifs is 1. The Labute approximate surface area is 203 Å². The van der Waals surface area contributed by atoms with Gasteiger partial charge in [-0.1, -0.05) is 31.0 Å². The van der Waals surface area contributed by atoms with Crippen molar-refractivity contribution in [2.75, 3.05) is 5.75 Å². The molecule has 1 unspecified atom stereocenters. The van der Waals surface area contributed by atoms with E-state index in [4.69, 9.17) is 0 Å². The predicted octanol–water partition coefficient (Wildman–Crippen LogP) is 6.09. The van der Waals surface area contributed by atoms with E-state index in [0.29, 0.717) is 11.3 Å². The highest BCUT2D eigenvalue weighted by Gasteiger charge is 2.23. The summed E-state index contributed by atoms with van der Waals surface area (Å²) in [4.78, 5) is 11.9. The minimum absolute atomic E-state index is 0.0798. The number of rotatable bonds is 10. The number of benzene rings is 2. The van der Waals surface area contributed by atoms with Crippen molar-refractivity contribution in [1.29, 1.82) is 0 Å². The van der Waals surface area contributed by atoms with Crippen LogP contribution >= 0.6 is 22.6 Å². The first kappa shape index (κ1) is 24.8. The number of aliphatic carboxylic acids is 1. The first-order chi connectivity index (χ1) is 15.1. The van der Waals surface area contributed by atoms with E-state index in [2.05, 4.69) is 35.6 Å². The number of hydrogen-bond donors (Lipinski definition) is 1. The lowest BCUT2D eigenvalue weighted by molar-refractivity contribution is -0.137. The first-order valence-corrected chi connectivity index (χ1v) is 13.7. The Morgan fingerprint density at radius 1 is 1.09 bits per heavy atom. The molecule has 1 atom stereocenters. The van der Waals surface area contributed by atoms with Gasteiger partial charge in [-0.2, -0.15) is 0 Å². The Kier molecular flexibility index (Phi) is 8.03. The topological polar surface area (TPSA) is 76.4 Å². The molecular formula is C25H30INO4S. The van der Waals surface area contributed by atoms with Gasteiger partial charge in [0.25, 0.3) is 0 Å². The van der Waals surface area contributed by atoms with Crippen LogP contribution in [0, 0.1) is 17.4 Å². The Bertz CT molecular complexity index is 1210. The molecule has 7 heteroatoms. The highest BCUT2D eigenvalue weighted by atomic mass is 127. The average molecular weight is 567 g/mol. The highest BCUT2D eigenvalue weighted by molar-refractivity contribution is 14.1. The zero-order chi connectivity index (χ0) is 23.5. The SMILES string of the molecule is CCCC(CCCS(=O)(=O)c1ccc(C)cc1)c1c(C)n(CC(=O)O)c2ccc(I)cc12. The molecule has 1 aromatic heterocycles. The van der Waals surface area contributed by atoms with Gasteiger partial charge in [0.15, 0.2) is 9.84 Å². The van der Waals surface area contributed by atoms with Gasteiger partial charge >= 0.3 is 5.97 Å². The summed E-state index contributed by atoms with van der Waals surface area (Å²) in [6.45, 7) is 5.97. The van der Waals surface area contributed by atoms with Crippen molar-refractivity contribution in [3.63, 3.8) is 0 Å². The Hall–Kier alpha value is -1.87. The van der Waals surface area contributed by atoms with Gasteiger partial charge in [-0.3, -0.25) is 4.79 Å². The largest absolute Gasteiger partial charge is 0.480 e. The molecule has 0 bridgehead atoms. The van der Waals surface area contributed by atoms with Crippen molar-refractivity contribution >= 4 is 49.3 Å². The van der Waals surface area contributed by atoms with Gasteiger partial charge in [0.2, 0.25) is 0 Å². The van der Waals surface area contributed by atoms with Gasteiger partial charge in [-0.15, -0.1) is 0 Å². The average Bonchev–Trinajstić information content (AvgIpc) is 2.98. The van der Waals surface area contributed by atoms with Crippen LogP contribution in [0.1, 0.15) is 55.3 Å². The van der Waals surface area contributed by atoms with Crippen LogP contribution in [0.4, 0.5) is 0 Å². The zero-order valence-corrected chi connectivity index (χ0v) is 21.7. The minimum Gasteiger partial charge on any atom is -0.480 e. The van der Waals surface area contributed by atoms with Crippen molar-refractivity contribution < 1.29 is 18.3 Å². The van der Waals surface area contributed by atoms with Gasteiger partial charge in [-0.25, -0.2) is 8.42 Å². The number of hydrogen-bond acceptors (Lipinski definition) is 3. The van der Waals surface area contributed by atoms with Crippen molar-refractivity contribution in [3.8, 4) is 0 Å². The van der Waals surface area contributed by atoms with E-state index in [1.165, 1.54) is 0 Å². The summed E-state index contributed by atoms with van der Waals surface area (Å²) < 4.78 is 28.6. The molecule has 0 amide bonds. The molecule has 0 saturated heterocycles. The molecule has 0 aliphatic heterocycles. The third-order valence-electron chi connectivity index (χ3n) is 6.02. The van der Waals surface area contributed by atoms with Crippen LogP contribution in [0.3, 0.4) is 0 Å². The van der Waals surface area contributed by atoms with Crippen LogP contribution in [0.5, 0.6) is 0 Å². The van der Waals surface area contributed by atoms with E-state index in [1.807, 2.05) is 42.7 Å². The number of nitrogens with zero attached hydrogens (tertiary/aromatic N) is 1. The number of halogens is 1. The molecule has 0 fully saturated rings. The molecule has 0 aliphatic carbocycles. The number of aryl methyl sites for hydroxylation is 1. The van der Waals surface area contributed by atoms with Gasteiger partial charge in [0, 0.05) is 20.2 Å². The molecule has 2 aromatic carbocycles. The Morgan fingerprint density at radius 2 is 1.78 bits per heavy atom. The Morgan fingerprint density at radius 3 is 2.41 bits per heavy atom. The summed E-state index contributed by atoms with van der Waals surface area (Å²) >= 11 is 2.28. The number of carboxylic acids is 1. The van der Waals surface area contributed by atoms with E-state index in [-0.39, 0.29) is 18.2 Å². The summed E-state index contributed by atoms with van der Waals surface area (Å²) in [6.07, 6.45) is 3.22. The second-order valence-corrected chi connectivity index (χ2v) is 11.8. The normalized spacial score (nSPS) is 12.9. The van der Waals surface area contributed by atoms with Crippen molar-refractivity contribution in [1.82, 2.24) is 4.57 Å². The van der Waals surface area contributed by atoms with Crippen LogP contribution in [0.25, 0.3) is 10.9 Å². The van der Waals surface area contributed by atoms with Gasteiger partial charge < -0.3 is 9.67 Å². The van der Waals surface area contributed by atoms with E-state index in [1.54, 1.807) is 12.1 Å². The number of aromatic nitrogens is 1. The molecule has 172 valence electrons. The number of sulfone groups is 1. The minimum atomic E-state index is -3.32. The van der Waals surface area contributed by atoms with Crippen LogP contribution in [0.15, 0.2) is 47.4 Å². The van der Waals surface area contributed by atoms with Crippen molar-refractivity contribution in [3.05, 3.63) is 62.9 Å². The molecule has 1 heterocycles. The van der Waals surface area contributed by atoms with Crippen molar-refractivity contribution in [2.45, 2.75) is 63.8 Å². The summed E-state index contributed by atoms with van der Waals surface area (Å²) in [5.74, 6) is -0.573. The third kappa shape index (κ3) is 5.54. The van der Waals surface area contributed by atoms with Crippen LogP contribution in [0.2, 0.25) is 0 Å². The maximum Gasteiger partial charge on any atom is 0.323 e. The molecule has 3 aromatic rings. The fraction of sp³-hybridized carbons (Fsp3) is 0.400. The van der Waals surface area contributed by atoms with Crippen LogP contribution in [-0.4, -0.2) is 29.8 Å². The highest BCUT2D eigenvalue weighted by Crippen LogP contribution is 2.37. The summed E-state index contributed by atoms with van der Waals surface area (Å²) in [7, 11) is -3.32. The number of carboxylic acid groups (broad SMARTS) is 1. The quantitative estimate of drug-likeness (QED) is 0.301. The Balaban J connectivity index is 1.90. The van der Waals surface area contributed by atoms with E-state index in [0.717, 1.165) is 50.6 Å². The predicted molar refractivity (Wildman–Crippen MR) is 137 cm³/mol. The third-order valence-corrected chi connectivity index (χ3v) is 8.51. The fourth-order valence-corrected chi connectivity index (χ4v) is 6.32. The molecule has 0 aliphatic rings. The maximum atomic E-state index is 12.8. The standard InChI is InChI=1S/C25H30INO4S/c1-4-6-19(7-5-14-32(30,31)21-11-8-17(2)9-12-21)25-18(3)27(16-24(28)29)23-13-10-20(26)15-22(23)25/h8-13,15,19H,4-7,14,16H2,1-3H3,(H,28,29). The smallest absolute Gasteiger partial charge is 0.323 e. The maximum absolute atomic E-state index is 12.8. The molecule has 0 spiro atoms. The summed E-state index contributed by atoms with van der Waals surface area (Å²) in [6, 6.07) is 13.1. The van der Waals surface area contributed by atoms with E-state index in [9.17, 15) is 18.3 Å². The number of carbonyl (C=O) groups is 1. The zero-order valence-electron chi connectivity index (χ0n) is 18.8. The van der Waals surface area contributed by atoms with Gasteiger partial charge in [0.05, 0.1) is 10.6 Å². The second kappa shape index (κ2) is 10.4. The molecular weight excluding hydrogens is 537 g/mol. The van der Waals surface area contributed by atoms with Crippen molar-refractivity contribution in [2.24, 2.45) is 0 Å².